The van der Waals surface area contributed by atoms with Crippen LogP contribution >= 0.6 is 0 Å². The van der Waals surface area contributed by atoms with E-state index in [-0.39, 0.29) is 30.4 Å². The number of hydrazine groups is 1. The quantitative estimate of drug-likeness (QED) is 0.292. The highest BCUT2D eigenvalue weighted by atomic mass is 32.2. The summed E-state index contributed by atoms with van der Waals surface area (Å²) in [7, 11) is 0.120. The van der Waals surface area contributed by atoms with Crippen LogP contribution < -0.4 is 26.2 Å². The van der Waals surface area contributed by atoms with Crippen molar-refractivity contribution in [1.82, 2.24) is 15.5 Å². The Morgan fingerprint density at radius 3 is 2.44 bits per heavy atom. The second kappa shape index (κ2) is 8.26. The van der Waals surface area contributed by atoms with Gasteiger partial charge in [0.2, 0.25) is 15.9 Å². The van der Waals surface area contributed by atoms with Crippen LogP contribution in [0.25, 0.3) is 10.8 Å². The summed E-state index contributed by atoms with van der Waals surface area (Å²) in [6, 6.07) is 10.7. The van der Waals surface area contributed by atoms with Gasteiger partial charge in [-0.1, -0.05) is 24.3 Å². The number of sulfonamides is 1. The van der Waals surface area contributed by atoms with Crippen LogP contribution in [0.2, 0.25) is 0 Å². The summed E-state index contributed by atoms with van der Waals surface area (Å²) >= 11 is 0. The fourth-order valence-corrected chi connectivity index (χ4v) is 3.76. The molecule has 0 spiro atoms. The zero-order chi connectivity index (χ0) is 18.4. The molecule has 0 fully saturated rings. The molecule has 0 saturated carbocycles. The maximum Gasteiger partial charge on any atom is 0.241 e. The Bertz CT molecular complexity index is 852. The van der Waals surface area contributed by atoms with E-state index in [0.29, 0.717) is 5.39 Å². The summed E-state index contributed by atoms with van der Waals surface area (Å²) in [6.45, 7) is 0.235. The van der Waals surface area contributed by atoms with Gasteiger partial charge in [-0.15, -0.1) is 0 Å². The molecule has 25 heavy (non-hydrogen) atoms. The van der Waals surface area contributed by atoms with Crippen molar-refractivity contribution in [3.05, 3.63) is 36.4 Å². The number of anilines is 1. The maximum atomic E-state index is 12.6. The van der Waals surface area contributed by atoms with Gasteiger partial charge in [-0.2, -0.15) is 0 Å². The van der Waals surface area contributed by atoms with Crippen LogP contribution in [0.5, 0.6) is 0 Å². The summed E-state index contributed by atoms with van der Waals surface area (Å²) in [5, 5.41) is 4.06. The minimum atomic E-state index is -3.70. The van der Waals surface area contributed by atoms with Crippen molar-refractivity contribution < 1.29 is 13.2 Å². The third kappa shape index (κ3) is 4.67. The Balaban J connectivity index is 2.19. The Morgan fingerprint density at radius 1 is 1.08 bits per heavy atom. The van der Waals surface area contributed by atoms with Crippen molar-refractivity contribution >= 4 is 32.4 Å². The number of carbonyl (C=O) groups excluding carboxylic acids is 1. The van der Waals surface area contributed by atoms with E-state index in [1.807, 2.05) is 37.2 Å². The molecule has 0 aromatic heterocycles. The molecule has 1 amide bonds. The maximum absolute atomic E-state index is 12.6. The van der Waals surface area contributed by atoms with Gasteiger partial charge in [-0.3, -0.25) is 16.1 Å². The van der Waals surface area contributed by atoms with E-state index in [9.17, 15) is 13.2 Å². The Morgan fingerprint density at radius 2 is 1.76 bits per heavy atom. The first-order chi connectivity index (χ1) is 11.9. The monoisotopic (exact) mass is 365 g/mol. The molecule has 0 aliphatic rings. The van der Waals surface area contributed by atoms with E-state index >= 15 is 0 Å². The lowest BCUT2D eigenvalue weighted by Crippen LogP contribution is -2.40. The van der Waals surface area contributed by atoms with E-state index in [2.05, 4.69) is 15.5 Å². The molecule has 0 atom stereocenters. The van der Waals surface area contributed by atoms with Crippen molar-refractivity contribution in [1.29, 1.82) is 0 Å². The Kier molecular flexibility index (Phi) is 6.32. The third-order valence-electron chi connectivity index (χ3n) is 3.63. The van der Waals surface area contributed by atoms with Gasteiger partial charge in [0.1, 0.15) is 0 Å². The van der Waals surface area contributed by atoms with Crippen molar-refractivity contribution in [2.45, 2.75) is 4.90 Å². The summed E-state index contributed by atoms with van der Waals surface area (Å²) in [5.41, 5.74) is 3.17. The molecular formula is C16H23N5O3S. The van der Waals surface area contributed by atoms with Crippen molar-refractivity contribution in [3.63, 3.8) is 0 Å². The number of amides is 1. The first-order valence-corrected chi connectivity index (χ1v) is 9.24. The molecule has 8 nitrogen and oxygen atoms in total. The lowest BCUT2D eigenvalue weighted by atomic mass is 10.1. The topological polar surface area (TPSA) is 117 Å². The van der Waals surface area contributed by atoms with Crippen LogP contribution in [0.1, 0.15) is 0 Å². The average molecular weight is 365 g/mol. The normalized spacial score (nSPS) is 11.5. The second-order valence-corrected chi connectivity index (χ2v) is 7.39. The molecule has 0 unspecified atom stereocenters. The van der Waals surface area contributed by atoms with Gasteiger partial charge >= 0.3 is 0 Å². The summed E-state index contributed by atoms with van der Waals surface area (Å²) in [6.07, 6.45) is 0. The van der Waals surface area contributed by atoms with E-state index in [1.165, 1.54) is 0 Å². The molecule has 0 heterocycles. The molecule has 0 radical (unpaired) electrons. The number of nitrogens with zero attached hydrogens (tertiary/aromatic N) is 1. The van der Waals surface area contributed by atoms with Gasteiger partial charge in [-0.25, -0.2) is 13.1 Å². The van der Waals surface area contributed by atoms with Crippen LogP contribution in [0.3, 0.4) is 0 Å². The molecule has 0 bridgehead atoms. The number of nitrogens with two attached hydrogens (primary N) is 1. The van der Waals surface area contributed by atoms with Gasteiger partial charge in [-0.05, 0) is 12.1 Å². The van der Waals surface area contributed by atoms with E-state index < -0.39 is 10.0 Å². The van der Waals surface area contributed by atoms with Crippen LogP contribution in [-0.4, -0.2) is 48.1 Å². The minimum absolute atomic E-state index is 0.0244. The van der Waals surface area contributed by atoms with Gasteiger partial charge in [0.15, 0.2) is 0 Å². The molecule has 5 N–H and O–H groups in total. The van der Waals surface area contributed by atoms with Crippen molar-refractivity contribution in [2.24, 2.45) is 5.84 Å². The molecule has 136 valence electrons. The smallest absolute Gasteiger partial charge is 0.241 e. The van der Waals surface area contributed by atoms with E-state index in [4.69, 9.17) is 5.84 Å². The Labute approximate surface area is 147 Å². The SMILES string of the molecule is CN(C)c1cccc2c(S(=O)(=O)NCCNC(=O)CNN)cccc12. The molecule has 2 aromatic carbocycles. The zero-order valence-electron chi connectivity index (χ0n) is 14.2. The highest BCUT2D eigenvalue weighted by Gasteiger charge is 2.18. The van der Waals surface area contributed by atoms with Crippen molar-refractivity contribution in [3.8, 4) is 0 Å². The number of nitrogens with one attached hydrogen (secondary N) is 3. The molecule has 0 aliphatic heterocycles. The van der Waals surface area contributed by atoms with Crippen molar-refractivity contribution in [2.75, 3.05) is 38.6 Å². The third-order valence-corrected chi connectivity index (χ3v) is 5.15. The fourth-order valence-electron chi connectivity index (χ4n) is 2.51. The summed E-state index contributed by atoms with van der Waals surface area (Å²) in [4.78, 5) is 13.4. The summed E-state index contributed by atoms with van der Waals surface area (Å²) < 4.78 is 27.8. The second-order valence-electron chi connectivity index (χ2n) is 5.65. The molecule has 9 heteroatoms. The predicted octanol–water partition coefficient (Wildman–Crippen LogP) is -0.236. The van der Waals surface area contributed by atoms with Gasteiger partial charge < -0.3 is 10.2 Å². The lowest BCUT2D eigenvalue weighted by Gasteiger charge is -2.17. The number of hydrogen-bond acceptors (Lipinski definition) is 6. The first kappa shape index (κ1) is 19.1. The van der Waals surface area contributed by atoms with E-state index in [1.54, 1.807) is 18.2 Å². The predicted molar refractivity (Wildman–Crippen MR) is 98.7 cm³/mol. The average Bonchev–Trinajstić information content (AvgIpc) is 2.57. The number of rotatable bonds is 8. The van der Waals surface area contributed by atoms with Crippen LogP contribution in [-0.2, 0) is 14.8 Å². The first-order valence-electron chi connectivity index (χ1n) is 7.75. The van der Waals surface area contributed by atoms with Gasteiger partial charge in [0, 0.05) is 43.6 Å². The standard InChI is InChI=1S/C16H23N5O3S/c1-21(2)14-7-3-6-13-12(14)5-4-8-15(13)25(23,24)20-10-9-18-16(22)11-19-17/h3-8,19-20H,9-11,17H2,1-2H3,(H,18,22). The number of fused-ring (bicyclic) bond motifs is 1. The van der Waals surface area contributed by atoms with Crippen LogP contribution in [0.15, 0.2) is 41.3 Å². The highest BCUT2D eigenvalue weighted by Crippen LogP contribution is 2.29. The number of benzene rings is 2. The molecule has 0 aliphatic carbocycles. The zero-order valence-corrected chi connectivity index (χ0v) is 15.1. The molecule has 2 aromatic rings. The van der Waals surface area contributed by atoms with Gasteiger partial charge in [0.25, 0.3) is 0 Å². The molecule has 0 saturated heterocycles. The number of carbonyl (C=O) groups is 1. The summed E-state index contributed by atoms with van der Waals surface area (Å²) in [5.74, 6) is 4.74. The van der Waals surface area contributed by atoms with E-state index in [0.717, 1.165) is 11.1 Å². The minimum Gasteiger partial charge on any atom is -0.377 e. The Hall–Kier alpha value is -2.20. The van der Waals surface area contributed by atoms with Gasteiger partial charge in [0.05, 0.1) is 11.4 Å². The molecule has 2 rings (SSSR count). The number of hydrogen-bond donors (Lipinski definition) is 4. The fraction of sp³-hybridized carbons (Fsp3) is 0.312. The highest BCUT2D eigenvalue weighted by molar-refractivity contribution is 7.89. The lowest BCUT2D eigenvalue weighted by molar-refractivity contribution is -0.120. The largest absolute Gasteiger partial charge is 0.377 e. The van der Waals surface area contributed by atoms with Crippen LogP contribution in [0.4, 0.5) is 5.69 Å². The van der Waals surface area contributed by atoms with Crippen LogP contribution in [0, 0.1) is 0 Å². The molecular weight excluding hydrogens is 342 g/mol.